The smallest absolute Gasteiger partial charge is 0.229 e. The van der Waals surface area contributed by atoms with Gasteiger partial charge in [-0.25, -0.2) is 13.4 Å². The van der Waals surface area contributed by atoms with Crippen molar-refractivity contribution in [1.82, 2.24) is 9.29 Å². The monoisotopic (exact) mass is 355 g/mol. The first-order chi connectivity index (χ1) is 11.0. The Labute approximate surface area is 140 Å². The van der Waals surface area contributed by atoms with Crippen LogP contribution in [0.15, 0.2) is 12.2 Å². The normalized spacial score (nSPS) is 21.9. The second kappa shape index (κ2) is 6.70. The van der Waals surface area contributed by atoms with Crippen molar-refractivity contribution in [2.45, 2.75) is 39.2 Å². The Balaban J connectivity index is 1.68. The van der Waals surface area contributed by atoms with Crippen molar-refractivity contribution in [1.29, 1.82) is 0 Å². The molecule has 0 bridgehead atoms. The largest absolute Gasteiger partial charge is 0.302 e. The fourth-order valence-corrected chi connectivity index (χ4v) is 5.05. The van der Waals surface area contributed by atoms with Crippen molar-refractivity contribution < 1.29 is 13.2 Å². The van der Waals surface area contributed by atoms with Crippen LogP contribution in [0.25, 0.3) is 0 Å². The standard InChI is InChI=1S/C15H21N3O3S2/c1-2-23(20,21)18-9-8-12-13(10-18)22-15(16-12)17-14(19)11-6-4-3-5-7-11/h3-4,11H,2,5-10H2,1H3,(H,16,17,19). The van der Waals surface area contributed by atoms with Gasteiger partial charge in [-0.1, -0.05) is 12.2 Å². The second-order valence-corrected chi connectivity index (χ2v) is 9.18. The second-order valence-electron chi connectivity index (χ2n) is 5.84. The van der Waals surface area contributed by atoms with E-state index < -0.39 is 10.0 Å². The number of allylic oxidation sites excluding steroid dienone is 2. The Morgan fingerprint density at radius 1 is 1.48 bits per heavy atom. The number of hydrogen-bond acceptors (Lipinski definition) is 5. The van der Waals surface area contributed by atoms with Crippen molar-refractivity contribution >= 4 is 32.4 Å². The number of sulfonamides is 1. The number of aromatic nitrogens is 1. The maximum atomic E-state index is 12.3. The number of rotatable bonds is 4. The van der Waals surface area contributed by atoms with E-state index in [0.29, 0.717) is 24.6 Å². The highest BCUT2D eigenvalue weighted by Crippen LogP contribution is 2.30. The quantitative estimate of drug-likeness (QED) is 0.839. The molecular formula is C15H21N3O3S2. The Hall–Kier alpha value is -1.25. The molecule has 6 nitrogen and oxygen atoms in total. The number of carbonyl (C=O) groups is 1. The van der Waals surface area contributed by atoms with Crippen molar-refractivity contribution in [3.05, 3.63) is 22.7 Å². The van der Waals surface area contributed by atoms with Gasteiger partial charge in [0.2, 0.25) is 15.9 Å². The molecule has 1 amide bonds. The van der Waals surface area contributed by atoms with Crippen LogP contribution >= 0.6 is 11.3 Å². The van der Waals surface area contributed by atoms with Gasteiger partial charge in [-0.05, 0) is 26.2 Å². The molecule has 0 saturated carbocycles. The Bertz CT molecular complexity index is 724. The van der Waals surface area contributed by atoms with Gasteiger partial charge in [0.25, 0.3) is 0 Å². The summed E-state index contributed by atoms with van der Waals surface area (Å²) in [6, 6.07) is 0. The predicted molar refractivity (Wildman–Crippen MR) is 90.8 cm³/mol. The average molecular weight is 355 g/mol. The van der Waals surface area contributed by atoms with Gasteiger partial charge in [-0.3, -0.25) is 4.79 Å². The first kappa shape index (κ1) is 16.6. The molecule has 23 heavy (non-hydrogen) atoms. The molecular weight excluding hydrogens is 334 g/mol. The summed E-state index contributed by atoms with van der Waals surface area (Å²) in [6.07, 6.45) is 7.35. The van der Waals surface area contributed by atoms with Gasteiger partial charge in [0.15, 0.2) is 5.13 Å². The van der Waals surface area contributed by atoms with Crippen molar-refractivity contribution in [3.63, 3.8) is 0 Å². The molecule has 0 aromatic carbocycles. The minimum atomic E-state index is -3.18. The zero-order valence-corrected chi connectivity index (χ0v) is 14.8. The Kier molecular flexibility index (Phi) is 4.84. The average Bonchev–Trinajstić information content (AvgIpc) is 2.96. The molecule has 1 N–H and O–H groups in total. The zero-order valence-electron chi connectivity index (χ0n) is 13.1. The van der Waals surface area contributed by atoms with E-state index in [0.717, 1.165) is 29.8 Å². The fraction of sp³-hybridized carbons (Fsp3) is 0.600. The molecule has 0 spiro atoms. The van der Waals surface area contributed by atoms with Crippen LogP contribution in [0.1, 0.15) is 36.8 Å². The third-order valence-corrected chi connectivity index (χ3v) is 7.15. The SMILES string of the molecule is CCS(=O)(=O)N1CCc2nc(NC(=O)C3CC=CCC3)sc2C1. The molecule has 1 aromatic rings. The third kappa shape index (κ3) is 3.64. The molecule has 1 aliphatic carbocycles. The van der Waals surface area contributed by atoms with E-state index in [1.165, 1.54) is 15.6 Å². The lowest BCUT2D eigenvalue weighted by Crippen LogP contribution is -2.36. The molecule has 1 aromatic heterocycles. The minimum absolute atomic E-state index is 0.0119. The van der Waals surface area contributed by atoms with Gasteiger partial charge in [0.1, 0.15) is 0 Å². The molecule has 2 aliphatic rings. The Morgan fingerprint density at radius 3 is 3.00 bits per heavy atom. The maximum absolute atomic E-state index is 12.3. The molecule has 126 valence electrons. The number of nitrogens with one attached hydrogen (secondary N) is 1. The lowest BCUT2D eigenvalue weighted by molar-refractivity contribution is -0.120. The van der Waals surface area contributed by atoms with E-state index in [9.17, 15) is 13.2 Å². The minimum Gasteiger partial charge on any atom is -0.302 e. The van der Waals surface area contributed by atoms with E-state index >= 15 is 0 Å². The molecule has 0 fully saturated rings. The summed E-state index contributed by atoms with van der Waals surface area (Å²) >= 11 is 1.39. The van der Waals surface area contributed by atoms with Gasteiger partial charge in [-0.15, -0.1) is 11.3 Å². The predicted octanol–water partition coefficient (Wildman–Crippen LogP) is 2.15. The van der Waals surface area contributed by atoms with E-state index in [1.807, 2.05) is 6.08 Å². The van der Waals surface area contributed by atoms with E-state index in [4.69, 9.17) is 0 Å². The van der Waals surface area contributed by atoms with Crippen molar-refractivity contribution in [3.8, 4) is 0 Å². The van der Waals surface area contributed by atoms with E-state index in [2.05, 4.69) is 16.4 Å². The highest BCUT2D eigenvalue weighted by Gasteiger charge is 2.28. The third-order valence-electron chi connectivity index (χ3n) is 4.32. The fourth-order valence-electron chi connectivity index (χ4n) is 2.88. The number of nitrogens with zero attached hydrogens (tertiary/aromatic N) is 2. The number of hydrogen-bond donors (Lipinski definition) is 1. The summed E-state index contributed by atoms with van der Waals surface area (Å²) in [6.45, 7) is 2.49. The first-order valence-corrected chi connectivity index (χ1v) is 10.3. The summed E-state index contributed by atoms with van der Waals surface area (Å²) in [5.41, 5.74) is 0.913. The molecule has 1 unspecified atom stereocenters. The summed E-state index contributed by atoms with van der Waals surface area (Å²) in [5.74, 6) is 0.135. The van der Waals surface area contributed by atoms with Gasteiger partial charge in [0, 0.05) is 30.3 Å². The lowest BCUT2D eigenvalue weighted by Gasteiger charge is -2.24. The molecule has 1 atom stereocenters. The van der Waals surface area contributed by atoms with Crippen LogP contribution in [0.2, 0.25) is 0 Å². The highest BCUT2D eigenvalue weighted by atomic mass is 32.2. The van der Waals surface area contributed by atoms with Crippen LogP contribution in [0.3, 0.4) is 0 Å². The van der Waals surface area contributed by atoms with Gasteiger partial charge in [-0.2, -0.15) is 4.31 Å². The number of amides is 1. The molecule has 3 rings (SSSR count). The molecule has 8 heteroatoms. The van der Waals surface area contributed by atoms with Gasteiger partial charge < -0.3 is 5.32 Å². The van der Waals surface area contributed by atoms with Gasteiger partial charge >= 0.3 is 0 Å². The van der Waals surface area contributed by atoms with Crippen LogP contribution in [0.4, 0.5) is 5.13 Å². The number of carbonyl (C=O) groups excluding carboxylic acids is 1. The van der Waals surface area contributed by atoms with Crippen LogP contribution in [-0.4, -0.2) is 35.9 Å². The Morgan fingerprint density at radius 2 is 2.30 bits per heavy atom. The molecule has 0 radical (unpaired) electrons. The topological polar surface area (TPSA) is 79.4 Å². The van der Waals surface area contributed by atoms with Crippen LogP contribution < -0.4 is 5.32 Å². The van der Waals surface area contributed by atoms with E-state index in [-0.39, 0.29) is 17.6 Å². The van der Waals surface area contributed by atoms with Crippen LogP contribution in [0, 0.1) is 5.92 Å². The summed E-state index contributed by atoms with van der Waals surface area (Å²) in [4.78, 5) is 17.7. The number of fused-ring (bicyclic) bond motifs is 1. The number of anilines is 1. The first-order valence-electron chi connectivity index (χ1n) is 7.92. The van der Waals surface area contributed by atoms with Crippen molar-refractivity contribution in [2.24, 2.45) is 5.92 Å². The van der Waals surface area contributed by atoms with E-state index in [1.54, 1.807) is 6.92 Å². The zero-order chi connectivity index (χ0) is 16.4. The molecule has 2 heterocycles. The lowest BCUT2D eigenvalue weighted by atomic mass is 9.94. The van der Waals surface area contributed by atoms with Crippen LogP contribution in [0.5, 0.6) is 0 Å². The maximum Gasteiger partial charge on any atom is 0.229 e. The van der Waals surface area contributed by atoms with Crippen molar-refractivity contribution in [2.75, 3.05) is 17.6 Å². The molecule has 0 saturated heterocycles. The number of thiazole rings is 1. The summed E-state index contributed by atoms with van der Waals surface area (Å²) in [7, 11) is -3.18. The highest BCUT2D eigenvalue weighted by molar-refractivity contribution is 7.89. The summed E-state index contributed by atoms with van der Waals surface area (Å²) < 4.78 is 25.5. The van der Waals surface area contributed by atoms with Gasteiger partial charge in [0.05, 0.1) is 11.4 Å². The summed E-state index contributed by atoms with van der Waals surface area (Å²) in [5, 5.41) is 3.49. The molecule has 1 aliphatic heterocycles. The van der Waals surface area contributed by atoms with Crippen LogP contribution in [-0.2, 0) is 27.8 Å².